The van der Waals surface area contributed by atoms with Gasteiger partial charge in [-0.2, -0.15) is 0 Å². The number of rotatable bonds is 4. The number of ketones is 2. The van der Waals surface area contributed by atoms with Gasteiger partial charge in [0.2, 0.25) is 0 Å². The van der Waals surface area contributed by atoms with Gasteiger partial charge in [-0.25, -0.2) is 0 Å². The molecular formula is C28H47NO7. The van der Waals surface area contributed by atoms with Crippen molar-refractivity contribution in [2.45, 2.75) is 104 Å². The van der Waals surface area contributed by atoms with E-state index in [0.29, 0.717) is 19.3 Å². The molecule has 0 unspecified atom stereocenters. The average molecular weight is 510 g/mol. The van der Waals surface area contributed by atoms with Crippen LogP contribution in [0.4, 0.5) is 0 Å². The lowest BCUT2D eigenvalue weighted by molar-refractivity contribution is -0.278. The molecule has 206 valence electrons. The van der Waals surface area contributed by atoms with Gasteiger partial charge in [0.1, 0.15) is 18.1 Å². The molecule has 36 heavy (non-hydrogen) atoms. The molecule has 0 aromatic carbocycles. The molecule has 0 saturated carbocycles. The highest BCUT2D eigenvalue weighted by Crippen LogP contribution is 2.32. The molecule has 1 fully saturated rings. The number of cyclic esters (lactones) is 1. The molecule has 2 heterocycles. The molecule has 0 amide bonds. The van der Waals surface area contributed by atoms with Gasteiger partial charge in [-0.3, -0.25) is 14.4 Å². The third-order valence-electron chi connectivity index (χ3n) is 7.88. The second kappa shape index (κ2) is 13.3. The number of esters is 1. The molecule has 0 bridgehead atoms. The summed E-state index contributed by atoms with van der Waals surface area (Å²) in [5, 5.41) is 11.0. The summed E-state index contributed by atoms with van der Waals surface area (Å²) in [4.78, 5) is 41.2. The Morgan fingerprint density at radius 3 is 2.28 bits per heavy atom. The summed E-state index contributed by atoms with van der Waals surface area (Å²) in [6.45, 7) is 12.9. The van der Waals surface area contributed by atoms with E-state index in [0.717, 1.165) is 0 Å². The van der Waals surface area contributed by atoms with E-state index in [4.69, 9.17) is 14.2 Å². The minimum absolute atomic E-state index is 0.0201. The molecule has 0 radical (unpaired) electrons. The molecule has 11 atom stereocenters. The Kier molecular flexibility index (Phi) is 11.3. The second-order valence-electron chi connectivity index (χ2n) is 11.2. The van der Waals surface area contributed by atoms with Gasteiger partial charge in [0, 0.05) is 23.8 Å². The van der Waals surface area contributed by atoms with Crippen molar-refractivity contribution in [2.24, 2.45) is 29.6 Å². The molecule has 2 aliphatic heterocycles. The average Bonchev–Trinajstić information content (AvgIpc) is 2.83. The maximum atomic E-state index is 13.5. The molecule has 8 heteroatoms. The van der Waals surface area contributed by atoms with Crippen molar-refractivity contribution in [3.05, 3.63) is 12.2 Å². The number of aliphatic hydroxyl groups is 1. The Bertz CT molecular complexity index is 797. The van der Waals surface area contributed by atoms with Crippen molar-refractivity contribution >= 4 is 17.5 Å². The van der Waals surface area contributed by atoms with Gasteiger partial charge >= 0.3 is 5.97 Å². The zero-order chi connectivity index (χ0) is 27.3. The van der Waals surface area contributed by atoms with Crippen molar-refractivity contribution in [3.63, 3.8) is 0 Å². The smallest absolute Gasteiger partial charge is 0.316 e. The third kappa shape index (κ3) is 7.46. The van der Waals surface area contributed by atoms with Crippen LogP contribution in [-0.4, -0.2) is 78.4 Å². The number of nitrogens with zero attached hydrogens (tertiary/aromatic N) is 1. The molecular weight excluding hydrogens is 462 g/mol. The van der Waals surface area contributed by atoms with Crippen LogP contribution < -0.4 is 0 Å². The first-order valence-electron chi connectivity index (χ1n) is 13.4. The van der Waals surface area contributed by atoms with Crippen LogP contribution in [0.2, 0.25) is 0 Å². The lowest BCUT2D eigenvalue weighted by Crippen LogP contribution is -2.56. The van der Waals surface area contributed by atoms with E-state index < -0.39 is 42.4 Å². The fourth-order valence-electron chi connectivity index (χ4n) is 5.38. The minimum Gasteiger partial charge on any atom is -0.461 e. The summed E-state index contributed by atoms with van der Waals surface area (Å²) >= 11 is 0. The summed E-state index contributed by atoms with van der Waals surface area (Å²) in [7, 11) is 3.80. The number of hydrogen-bond acceptors (Lipinski definition) is 8. The minimum atomic E-state index is -0.962. The van der Waals surface area contributed by atoms with Crippen LogP contribution in [0, 0.1) is 29.6 Å². The van der Waals surface area contributed by atoms with Crippen molar-refractivity contribution in [1.29, 1.82) is 0 Å². The first-order chi connectivity index (χ1) is 16.8. The van der Waals surface area contributed by atoms with E-state index in [1.807, 2.05) is 53.6 Å². The van der Waals surface area contributed by atoms with E-state index in [2.05, 4.69) is 0 Å². The van der Waals surface area contributed by atoms with Crippen LogP contribution in [-0.2, 0) is 28.6 Å². The summed E-state index contributed by atoms with van der Waals surface area (Å²) < 4.78 is 18.1. The molecule has 0 aromatic rings. The Morgan fingerprint density at radius 1 is 1.06 bits per heavy atom. The number of ether oxygens (including phenoxy) is 3. The molecule has 8 nitrogen and oxygen atoms in total. The maximum absolute atomic E-state index is 13.5. The van der Waals surface area contributed by atoms with Crippen LogP contribution in [0.1, 0.15) is 67.7 Å². The summed E-state index contributed by atoms with van der Waals surface area (Å²) in [5.74, 6) is -3.16. The van der Waals surface area contributed by atoms with Crippen LogP contribution in [0.15, 0.2) is 12.2 Å². The van der Waals surface area contributed by atoms with Gasteiger partial charge in [0.25, 0.3) is 0 Å². The summed E-state index contributed by atoms with van der Waals surface area (Å²) in [6.07, 6.45) is 2.02. The van der Waals surface area contributed by atoms with Gasteiger partial charge in [-0.15, -0.1) is 0 Å². The Hall–Kier alpha value is -1.61. The van der Waals surface area contributed by atoms with Crippen LogP contribution in [0.3, 0.4) is 0 Å². The molecule has 2 aliphatic rings. The zero-order valence-corrected chi connectivity index (χ0v) is 23.5. The van der Waals surface area contributed by atoms with Gasteiger partial charge in [-0.05, 0) is 59.2 Å². The largest absolute Gasteiger partial charge is 0.461 e. The number of carbonyl (C=O) groups excluding carboxylic acids is 3. The highest BCUT2D eigenvalue weighted by molar-refractivity contribution is 6.00. The van der Waals surface area contributed by atoms with E-state index in [-0.39, 0.29) is 41.5 Å². The standard InChI is InChI=1S/C28H47NO7/c1-10-23-15(2)11-12-22(30)16(3)13-17(4)26(19(6)24(31)20(7)27(33)35-23)36-28-25(32)21(29(8)9)14-18(5)34-28/h11-12,15-21,23,25-26,28,32H,10,13-14H2,1-9H3/b12-11+/t15-,16-,17+,18-,19+,20-,21+,23-,25-,26+,28-/m1/s1. The number of Topliss-reactive ketones (excluding diaryl/α,β-unsaturated/α-hetero) is 1. The van der Waals surface area contributed by atoms with Crippen molar-refractivity contribution in [2.75, 3.05) is 14.1 Å². The van der Waals surface area contributed by atoms with Crippen molar-refractivity contribution < 1.29 is 33.7 Å². The molecule has 1 N–H and O–H groups in total. The SMILES string of the molecule is CC[C@H]1OC(=O)[C@H](C)C(=O)[C@H](C)[C@@H](O[C@H]2O[C@H](C)C[C@H](N(C)C)[C@H]2O)[C@@H](C)C[C@@H](C)C(=O)/C=C/[C@H]1C. The van der Waals surface area contributed by atoms with Crippen molar-refractivity contribution in [3.8, 4) is 0 Å². The Labute approximate surface area is 216 Å². The van der Waals surface area contributed by atoms with Gasteiger partial charge in [0.05, 0.1) is 12.2 Å². The molecule has 0 aliphatic carbocycles. The predicted molar refractivity (Wildman–Crippen MR) is 137 cm³/mol. The number of allylic oxidation sites excluding steroid dienone is 1. The molecule has 1 saturated heterocycles. The number of likely N-dealkylation sites (N-methyl/N-ethyl adjacent to an activating group) is 1. The normalized spacial score (nSPS) is 42.6. The highest BCUT2D eigenvalue weighted by Gasteiger charge is 2.43. The number of aliphatic hydroxyl groups excluding tert-OH is 1. The number of hydrogen-bond donors (Lipinski definition) is 1. The van der Waals surface area contributed by atoms with Crippen LogP contribution in [0.5, 0.6) is 0 Å². The Morgan fingerprint density at radius 2 is 1.69 bits per heavy atom. The van der Waals surface area contributed by atoms with Gasteiger partial charge in [-0.1, -0.05) is 40.7 Å². The van der Waals surface area contributed by atoms with Crippen LogP contribution >= 0.6 is 0 Å². The van der Waals surface area contributed by atoms with Gasteiger partial charge in [0.15, 0.2) is 17.9 Å². The van der Waals surface area contributed by atoms with Crippen molar-refractivity contribution in [1.82, 2.24) is 4.90 Å². The summed E-state index contributed by atoms with van der Waals surface area (Å²) in [5.41, 5.74) is 0. The monoisotopic (exact) mass is 509 g/mol. The first kappa shape index (κ1) is 30.6. The lowest BCUT2D eigenvalue weighted by atomic mass is 9.80. The maximum Gasteiger partial charge on any atom is 0.316 e. The zero-order valence-electron chi connectivity index (χ0n) is 23.5. The van der Waals surface area contributed by atoms with E-state index in [1.165, 1.54) is 0 Å². The molecule has 2 rings (SSSR count). The first-order valence-corrected chi connectivity index (χ1v) is 13.4. The molecule has 0 aromatic heterocycles. The van der Waals surface area contributed by atoms with E-state index in [9.17, 15) is 19.5 Å². The molecule has 0 spiro atoms. The second-order valence-corrected chi connectivity index (χ2v) is 11.2. The fourth-order valence-corrected chi connectivity index (χ4v) is 5.38. The number of carbonyl (C=O) groups is 3. The van der Waals surface area contributed by atoms with Crippen LogP contribution in [0.25, 0.3) is 0 Å². The fraction of sp³-hybridized carbons (Fsp3) is 0.821. The highest BCUT2D eigenvalue weighted by atomic mass is 16.7. The topological polar surface area (TPSA) is 102 Å². The lowest BCUT2D eigenvalue weighted by Gasteiger charge is -2.43. The summed E-state index contributed by atoms with van der Waals surface area (Å²) in [6, 6.07) is -0.161. The van der Waals surface area contributed by atoms with Gasteiger partial charge < -0.3 is 24.2 Å². The Balaban J connectivity index is 2.40. The third-order valence-corrected chi connectivity index (χ3v) is 7.88. The van der Waals surface area contributed by atoms with E-state index in [1.54, 1.807) is 26.0 Å². The quantitative estimate of drug-likeness (QED) is 0.454. The predicted octanol–water partition coefficient (Wildman–Crippen LogP) is 3.40. The van der Waals surface area contributed by atoms with E-state index >= 15 is 0 Å².